The van der Waals surface area contributed by atoms with Gasteiger partial charge in [0.2, 0.25) is 0 Å². The summed E-state index contributed by atoms with van der Waals surface area (Å²) in [4.78, 5) is 6.96. The highest BCUT2D eigenvalue weighted by Gasteiger charge is 2.36. The van der Waals surface area contributed by atoms with Crippen molar-refractivity contribution < 1.29 is 9.16 Å². The maximum Gasteiger partial charge on any atom is 0.192 e. The van der Waals surface area contributed by atoms with Gasteiger partial charge in [-0.3, -0.25) is 4.90 Å². The van der Waals surface area contributed by atoms with Gasteiger partial charge in [0.05, 0.1) is 31.8 Å². The van der Waals surface area contributed by atoms with Crippen molar-refractivity contribution in [2.75, 3.05) is 26.3 Å². The molecule has 0 radical (unpaired) electrons. The highest BCUT2D eigenvalue weighted by Crippen LogP contribution is 2.37. The van der Waals surface area contributed by atoms with Crippen molar-refractivity contribution in [1.29, 1.82) is 0 Å². The van der Waals surface area contributed by atoms with Crippen LogP contribution in [-0.4, -0.2) is 49.1 Å². The normalized spacial score (nSPS) is 16.5. The summed E-state index contributed by atoms with van der Waals surface area (Å²) in [6.45, 7) is 17.5. The highest BCUT2D eigenvalue weighted by atomic mass is 28.4. The molecule has 2 heterocycles. The van der Waals surface area contributed by atoms with E-state index in [1.165, 1.54) is 11.1 Å². The van der Waals surface area contributed by atoms with E-state index in [1.54, 1.807) is 0 Å². The van der Waals surface area contributed by atoms with Crippen molar-refractivity contribution in [2.24, 2.45) is 0 Å². The lowest BCUT2D eigenvalue weighted by Crippen LogP contribution is -2.40. The van der Waals surface area contributed by atoms with Crippen molar-refractivity contribution >= 4 is 8.32 Å². The average Bonchev–Trinajstić information content (AvgIpc) is 3.08. The van der Waals surface area contributed by atoms with Crippen molar-refractivity contribution in [2.45, 2.75) is 58.6 Å². The Hall–Kier alpha value is -1.47. The molecule has 1 saturated heterocycles. The fraction of sp³-hybridized carbons (Fsp3) is 0.591. The van der Waals surface area contributed by atoms with E-state index in [4.69, 9.17) is 9.16 Å². The predicted molar refractivity (Wildman–Crippen MR) is 116 cm³/mol. The molecule has 1 aromatic heterocycles. The molecule has 2 aromatic rings. The molecule has 0 spiro atoms. The molecule has 1 aliphatic heterocycles. The number of aromatic nitrogens is 2. The molecule has 28 heavy (non-hydrogen) atoms. The average molecular weight is 402 g/mol. The number of hydrogen-bond acceptors (Lipinski definition) is 4. The molecule has 5 nitrogen and oxygen atoms in total. The van der Waals surface area contributed by atoms with Crippen molar-refractivity contribution in [3.8, 4) is 0 Å². The van der Waals surface area contributed by atoms with Gasteiger partial charge in [-0.2, -0.15) is 0 Å². The van der Waals surface area contributed by atoms with Gasteiger partial charge in [0.25, 0.3) is 0 Å². The van der Waals surface area contributed by atoms with Crippen LogP contribution in [0.5, 0.6) is 0 Å². The molecular weight excluding hydrogens is 366 g/mol. The summed E-state index contributed by atoms with van der Waals surface area (Å²) in [5.74, 6) is 0. The van der Waals surface area contributed by atoms with Crippen LogP contribution in [0.15, 0.2) is 36.8 Å². The van der Waals surface area contributed by atoms with E-state index in [0.717, 1.165) is 45.1 Å². The fourth-order valence-electron chi connectivity index (χ4n) is 2.99. The molecule has 3 rings (SSSR count). The Labute approximate surface area is 170 Å². The minimum Gasteiger partial charge on any atom is -0.413 e. The third-order valence-electron chi connectivity index (χ3n) is 5.97. The monoisotopic (exact) mass is 401 g/mol. The number of ether oxygens (including phenoxy) is 1. The van der Waals surface area contributed by atoms with E-state index in [0.29, 0.717) is 6.61 Å². The van der Waals surface area contributed by atoms with E-state index in [9.17, 15) is 0 Å². The van der Waals surface area contributed by atoms with Crippen LogP contribution in [0.3, 0.4) is 0 Å². The first-order chi connectivity index (χ1) is 13.2. The maximum atomic E-state index is 6.32. The van der Waals surface area contributed by atoms with Crippen LogP contribution in [-0.2, 0) is 28.9 Å². The van der Waals surface area contributed by atoms with E-state index in [1.807, 2.05) is 6.33 Å². The minimum atomic E-state index is -1.70. The van der Waals surface area contributed by atoms with Gasteiger partial charge in [-0.15, -0.1) is 0 Å². The number of imidazole rings is 1. The molecule has 0 bridgehead atoms. The Morgan fingerprint density at radius 1 is 1.04 bits per heavy atom. The predicted octanol–water partition coefficient (Wildman–Crippen LogP) is 4.29. The van der Waals surface area contributed by atoms with Gasteiger partial charge in [0.15, 0.2) is 8.32 Å². The number of rotatable bonds is 7. The molecule has 1 aliphatic rings. The second-order valence-corrected chi connectivity index (χ2v) is 14.1. The van der Waals surface area contributed by atoms with Gasteiger partial charge in [-0.05, 0) is 29.3 Å². The summed E-state index contributed by atoms with van der Waals surface area (Å²) >= 11 is 0. The maximum absolute atomic E-state index is 6.32. The molecule has 0 atom stereocenters. The molecule has 154 valence electrons. The molecule has 1 aromatic carbocycles. The Kier molecular flexibility index (Phi) is 6.76. The Bertz CT molecular complexity index is 744. The zero-order chi connectivity index (χ0) is 20.2. The SMILES string of the molecule is CC(C)(C)[Si](C)(C)OCc1ccc(Cn2cnc(CN3CCOCC3)c2)cc1. The second-order valence-electron chi connectivity index (χ2n) is 9.29. The topological polar surface area (TPSA) is 39.5 Å². The Balaban J connectivity index is 1.52. The largest absolute Gasteiger partial charge is 0.413 e. The van der Waals surface area contributed by atoms with Crippen LogP contribution in [0, 0.1) is 0 Å². The first-order valence-electron chi connectivity index (χ1n) is 10.3. The summed E-state index contributed by atoms with van der Waals surface area (Å²) < 4.78 is 13.9. The number of benzene rings is 1. The van der Waals surface area contributed by atoms with E-state index >= 15 is 0 Å². The molecular formula is C22H35N3O2Si. The molecule has 6 heteroatoms. The van der Waals surface area contributed by atoms with Gasteiger partial charge in [0.1, 0.15) is 0 Å². The molecule has 0 unspecified atom stereocenters. The quantitative estimate of drug-likeness (QED) is 0.649. The zero-order valence-corrected chi connectivity index (χ0v) is 19.1. The van der Waals surface area contributed by atoms with E-state index in [2.05, 4.69) is 78.8 Å². The first-order valence-corrected chi connectivity index (χ1v) is 13.2. The number of hydrogen-bond donors (Lipinski definition) is 0. The van der Waals surface area contributed by atoms with Crippen LogP contribution in [0.4, 0.5) is 0 Å². The molecule has 0 N–H and O–H groups in total. The van der Waals surface area contributed by atoms with Crippen LogP contribution >= 0.6 is 0 Å². The van der Waals surface area contributed by atoms with Gasteiger partial charge in [-0.25, -0.2) is 4.98 Å². The third-order valence-corrected chi connectivity index (χ3v) is 10.4. The van der Waals surface area contributed by atoms with Gasteiger partial charge in [0, 0.05) is 32.4 Å². The second kappa shape index (κ2) is 8.90. The minimum absolute atomic E-state index is 0.243. The molecule has 0 aliphatic carbocycles. The van der Waals surface area contributed by atoms with Gasteiger partial charge in [-0.1, -0.05) is 45.0 Å². The fourth-order valence-corrected chi connectivity index (χ4v) is 3.96. The number of nitrogens with zero attached hydrogens (tertiary/aromatic N) is 3. The van der Waals surface area contributed by atoms with Crippen LogP contribution in [0.1, 0.15) is 37.6 Å². The van der Waals surface area contributed by atoms with E-state index < -0.39 is 8.32 Å². The summed E-state index contributed by atoms with van der Waals surface area (Å²) in [7, 11) is -1.70. The summed E-state index contributed by atoms with van der Waals surface area (Å²) in [5, 5.41) is 0.243. The smallest absolute Gasteiger partial charge is 0.192 e. The van der Waals surface area contributed by atoms with Gasteiger partial charge < -0.3 is 13.7 Å². The lowest BCUT2D eigenvalue weighted by Gasteiger charge is -2.36. The van der Waals surface area contributed by atoms with Crippen molar-refractivity contribution in [3.05, 3.63) is 53.6 Å². The lowest BCUT2D eigenvalue weighted by molar-refractivity contribution is 0.0337. The summed E-state index contributed by atoms with van der Waals surface area (Å²) in [6.07, 6.45) is 4.09. The van der Waals surface area contributed by atoms with Gasteiger partial charge >= 0.3 is 0 Å². The molecule has 0 saturated carbocycles. The Morgan fingerprint density at radius 2 is 1.68 bits per heavy atom. The van der Waals surface area contributed by atoms with Crippen molar-refractivity contribution in [3.63, 3.8) is 0 Å². The van der Waals surface area contributed by atoms with Crippen LogP contribution in [0.2, 0.25) is 18.1 Å². The number of morpholine rings is 1. The summed E-state index contributed by atoms with van der Waals surface area (Å²) in [6, 6.07) is 8.78. The lowest BCUT2D eigenvalue weighted by atomic mass is 10.1. The molecule has 0 amide bonds. The van der Waals surface area contributed by atoms with Crippen LogP contribution < -0.4 is 0 Å². The molecule has 1 fully saturated rings. The standard InChI is InChI=1S/C22H35N3O2Si/c1-22(2,3)28(4,5)27-17-20-8-6-19(7-9-20)14-25-16-21(23-18-25)15-24-10-12-26-13-11-24/h6-9,16,18H,10-15,17H2,1-5H3. The third kappa shape index (κ3) is 5.77. The van der Waals surface area contributed by atoms with Crippen molar-refractivity contribution in [1.82, 2.24) is 14.5 Å². The Morgan fingerprint density at radius 3 is 2.32 bits per heavy atom. The van der Waals surface area contributed by atoms with Crippen LogP contribution in [0.25, 0.3) is 0 Å². The zero-order valence-electron chi connectivity index (χ0n) is 18.1. The van der Waals surface area contributed by atoms with E-state index in [-0.39, 0.29) is 5.04 Å². The highest BCUT2D eigenvalue weighted by molar-refractivity contribution is 6.74. The summed E-state index contributed by atoms with van der Waals surface area (Å²) in [5.41, 5.74) is 3.65. The first kappa shape index (κ1) is 21.2.